The fourth-order valence-electron chi connectivity index (χ4n) is 1.96. The molecule has 1 aromatic heterocycles. The Hall–Kier alpha value is -3.42. The molecule has 2 rings (SSSR count). The Labute approximate surface area is 138 Å². The minimum atomic E-state index is -1.06. The highest BCUT2D eigenvalue weighted by Crippen LogP contribution is 2.12. The number of carboxylic acids is 1. The monoisotopic (exact) mass is 328 g/mol. The molecule has 1 aromatic carbocycles. The standard InChI is InChI=1S/C16H16N4O4/c21-14(18-19-16(24)12-6-8-17-9-7-12)10-20(11-15(22)23)13-4-2-1-3-5-13/h1-9H,10-11H2,(H,18,21)(H,19,24)(H,22,23). The molecule has 3 N–H and O–H groups in total. The Morgan fingerprint density at radius 1 is 0.958 bits per heavy atom. The van der Waals surface area contributed by atoms with Crippen molar-refractivity contribution in [3.05, 3.63) is 60.4 Å². The largest absolute Gasteiger partial charge is 0.480 e. The number of amides is 2. The van der Waals surface area contributed by atoms with E-state index in [1.807, 2.05) is 0 Å². The zero-order valence-electron chi connectivity index (χ0n) is 12.7. The summed E-state index contributed by atoms with van der Waals surface area (Å²) < 4.78 is 0. The number of aromatic nitrogens is 1. The van der Waals surface area contributed by atoms with Crippen LogP contribution in [0.25, 0.3) is 0 Å². The summed E-state index contributed by atoms with van der Waals surface area (Å²) in [4.78, 5) is 39.9. The van der Waals surface area contributed by atoms with Crippen molar-refractivity contribution in [3.63, 3.8) is 0 Å². The molecule has 0 bridgehead atoms. The summed E-state index contributed by atoms with van der Waals surface area (Å²) in [5.74, 6) is -2.09. The maximum Gasteiger partial charge on any atom is 0.323 e. The van der Waals surface area contributed by atoms with Crippen molar-refractivity contribution in [1.82, 2.24) is 15.8 Å². The summed E-state index contributed by atoms with van der Waals surface area (Å²) in [7, 11) is 0. The van der Waals surface area contributed by atoms with E-state index in [4.69, 9.17) is 5.11 Å². The van der Waals surface area contributed by atoms with Crippen LogP contribution in [0.3, 0.4) is 0 Å². The van der Waals surface area contributed by atoms with Gasteiger partial charge in [-0.2, -0.15) is 0 Å². The highest BCUT2D eigenvalue weighted by Gasteiger charge is 2.15. The summed E-state index contributed by atoms with van der Waals surface area (Å²) in [6.07, 6.45) is 2.92. The van der Waals surface area contributed by atoms with Crippen LogP contribution >= 0.6 is 0 Å². The normalized spacial score (nSPS) is 9.83. The molecule has 24 heavy (non-hydrogen) atoms. The van der Waals surface area contributed by atoms with Crippen LogP contribution in [0.15, 0.2) is 54.9 Å². The number of anilines is 1. The fraction of sp³-hybridized carbons (Fsp3) is 0.125. The van der Waals surface area contributed by atoms with Gasteiger partial charge in [0.15, 0.2) is 0 Å². The van der Waals surface area contributed by atoms with E-state index in [9.17, 15) is 14.4 Å². The van der Waals surface area contributed by atoms with Gasteiger partial charge < -0.3 is 10.0 Å². The van der Waals surface area contributed by atoms with Crippen molar-refractivity contribution in [2.24, 2.45) is 0 Å². The third-order valence-electron chi connectivity index (χ3n) is 3.04. The van der Waals surface area contributed by atoms with Crippen LogP contribution in [0.5, 0.6) is 0 Å². The van der Waals surface area contributed by atoms with Crippen molar-refractivity contribution >= 4 is 23.5 Å². The molecule has 8 nitrogen and oxygen atoms in total. The molecule has 124 valence electrons. The van der Waals surface area contributed by atoms with Gasteiger partial charge in [0.25, 0.3) is 11.8 Å². The number of carboxylic acid groups (broad SMARTS) is 1. The molecular weight excluding hydrogens is 312 g/mol. The Morgan fingerprint density at radius 2 is 1.62 bits per heavy atom. The lowest BCUT2D eigenvalue weighted by atomic mass is 10.2. The summed E-state index contributed by atoms with van der Waals surface area (Å²) in [5.41, 5.74) is 5.47. The number of carbonyl (C=O) groups is 3. The van der Waals surface area contributed by atoms with E-state index >= 15 is 0 Å². The quantitative estimate of drug-likeness (QED) is 0.663. The minimum Gasteiger partial charge on any atom is -0.480 e. The van der Waals surface area contributed by atoms with E-state index in [-0.39, 0.29) is 13.1 Å². The zero-order valence-corrected chi connectivity index (χ0v) is 12.7. The van der Waals surface area contributed by atoms with Gasteiger partial charge in [0.1, 0.15) is 6.54 Å². The van der Waals surface area contributed by atoms with Crippen LogP contribution in [0.1, 0.15) is 10.4 Å². The third-order valence-corrected chi connectivity index (χ3v) is 3.04. The molecule has 0 fully saturated rings. The van der Waals surface area contributed by atoms with E-state index in [1.54, 1.807) is 30.3 Å². The highest BCUT2D eigenvalue weighted by atomic mass is 16.4. The first kappa shape index (κ1) is 16.9. The smallest absolute Gasteiger partial charge is 0.323 e. The minimum absolute atomic E-state index is 0.215. The van der Waals surface area contributed by atoms with E-state index in [1.165, 1.54) is 29.4 Å². The van der Waals surface area contributed by atoms with E-state index in [0.717, 1.165) is 0 Å². The Balaban J connectivity index is 1.93. The van der Waals surface area contributed by atoms with Crippen molar-refractivity contribution in [3.8, 4) is 0 Å². The van der Waals surface area contributed by atoms with Crippen molar-refractivity contribution in [1.29, 1.82) is 0 Å². The zero-order chi connectivity index (χ0) is 17.4. The summed E-state index contributed by atoms with van der Waals surface area (Å²) in [5, 5.41) is 8.98. The Kier molecular flexibility index (Phi) is 5.84. The first-order chi connectivity index (χ1) is 11.6. The molecule has 0 unspecified atom stereocenters. The van der Waals surface area contributed by atoms with Gasteiger partial charge in [-0.15, -0.1) is 0 Å². The van der Waals surface area contributed by atoms with Crippen molar-refractivity contribution < 1.29 is 19.5 Å². The molecule has 0 aliphatic carbocycles. The van der Waals surface area contributed by atoms with Crippen LogP contribution in [0.4, 0.5) is 5.69 Å². The topological polar surface area (TPSA) is 112 Å². The maximum absolute atomic E-state index is 12.0. The number of hydrogen-bond acceptors (Lipinski definition) is 5. The molecule has 2 amide bonds. The number of nitrogens with one attached hydrogen (secondary N) is 2. The lowest BCUT2D eigenvalue weighted by molar-refractivity contribution is -0.135. The number of pyridine rings is 1. The molecule has 1 heterocycles. The van der Waals surface area contributed by atoms with Gasteiger partial charge >= 0.3 is 5.97 Å². The lowest BCUT2D eigenvalue weighted by Crippen LogP contribution is -2.47. The molecular formula is C16H16N4O4. The molecule has 0 saturated carbocycles. The third kappa shape index (κ3) is 5.09. The summed E-state index contributed by atoms with van der Waals surface area (Å²) >= 11 is 0. The average molecular weight is 328 g/mol. The van der Waals surface area contributed by atoms with Crippen LogP contribution in [0.2, 0.25) is 0 Å². The average Bonchev–Trinajstić information content (AvgIpc) is 2.60. The molecule has 0 aliphatic heterocycles. The van der Waals surface area contributed by atoms with E-state index < -0.39 is 17.8 Å². The maximum atomic E-state index is 12.0. The highest BCUT2D eigenvalue weighted by molar-refractivity contribution is 5.95. The van der Waals surface area contributed by atoms with Gasteiger partial charge in [-0.3, -0.25) is 30.2 Å². The number of nitrogens with zero attached hydrogens (tertiary/aromatic N) is 2. The van der Waals surface area contributed by atoms with Gasteiger partial charge in [-0.25, -0.2) is 0 Å². The number of aliphatic carboxylic acids is 1. The van der Waals surface area contributed by atoms with Gasteiger partial charge in [0.05, 0.1) is 6.54 Å². The number of para-hydroxylation sites is 1. The van der Waals surface area contributed by atoms with Crippen molar-refractivity contribution in [2.75, 3.05) is 18.0 Å². The van der Waals surface area contributed by atoms with Crippen LogP contribution < -0.4 is 15.8 Å². The number of hydrazine groups is 1. The van der Waals surface area contributed by atoms with Gasteiger partial charge in [0.2, 0.25) is 0 Å². The summed E-state index contributed by atoms with van der Waals surface area (Å²) in [6.45, 7) is -0.553. The van der Waals surface area contributed by atoms with Crippen LogP contribution in [0, 0.1) is 0 Å². The predicted octanol–water partition coefficient (Wildman–Crippen LogP) is 0.434. The second kappa shape index (κ2) is 8.28. The molecule has 2 aromatic rings. The second-order valence-corrected chi connectivity index (χ2v) is 4.82. The van der Waals surface area contributed by atoms with Crippen molar-refractivity contribution in [2.45, 2.75) is 0 Å². The predicted molar refractivity (Wildman–Crippen MR) is 86.1 cm³/mol. The van der Waals surface area contributed by atoms with E-state index in [2.05, 4.69) is 15.8 Å². The number of hydrogen-bond donors (Lipinski definition) is 3. The lowest BCUT2D eigenvalue weighted by Gasteiger charge is -2.22. The first-order valence-corrected chi connectivity index (χ1v) is 7.07. The number of benzene rings is 1. The number of carbonyl (C=O) groups excluding carboxylic acids is 2. The molecule has 0 radical (unpaired) electrons. The number of rotatable bonds is 6. The van der Waals surface area contributed by atoms with Crippen LogP contribution in [-0.4, -0.2) is 41.0 Å². The Bertz CT molecular complexity index is 707. The molecule has 0 spiro atoms. The fourth-order valence-corrected chi connectivity index (χ4v) is 1.96. The summed E-state index contributed by atoms with van der Waals surface area (Å²) in [6, 6.07) is 11.7. The van der Waals surface area contributed by atoms with Gasteiger partial charge in [0, 0.05) is 23.6 Å². The first-order valence-electron chi connectivity index (χ1n) is 7.07. The van der Waals surface area contributed by atoms with Gasteiger partial charge in [-0.05, 0) is 24.3 Å². The second-order valence-electron chi connectivity index (χ2n) is 4.82. The van der Waals surface area contributed by atoms with Gasteiger partial charge in [-0.1, -0.05) is 18.2 Å². The Morgan fingerprint density at radius 3 is 2.25 bits per heavy atom. The molecule has 0 atom stereocenters. The van der Waals surface area contributed by atoms with Crippen LogP contribution in [-0.2, 0) is 9.59 Å². The van der Waals surface area contributed by atoms with E-state index in [0.29, 0.717) is 11.3 Å². The molecule has 0 saturated heterocycles. The molecule has 8 heteroatoms. The molecule has 0 aliphatic rings. The SMILES string of the molecule is O=C(O)CN(CC(=O)NNC(=O)c1ccncc1)c1ccccc1.